The summed E-state index contributed by atoms with van der Waals surface area (Å²) in [4.78, 5) is 0. The van der Waals surface area contributed by atoms with Gasteiger partial charge in [0.15, 0.2) is 0 Å². The summed E-state index contributed by atoms with van der Waals surface area (Å²) in [5, 5.41) is 2.13. The van der Waals surface area contributed by atoms with Gasteiger partial charge in [0.2, 0.25) is 16.8 Å². The van der Waals surface area contributed by atoms with Gasteiger partial charge in [-0.1, -0.05) is 6.07 Å². The molecule has 4 nitrogen and oxygen atoms in total. The molecule has 1 aromatic carbocycles. The highest BCUT2D eigenvalue weighted by atomic mass is 31.2. The maximum Gasteiger partial charge on any atom is 0.205 e. The molecule has 0 aliphatic rings. The van der Waals surface area contributed by atoms with E-state index in [1.54, 1.807) is 0 Å². The van der Waals surface area contributed by atoms with Gasteiger partial charge in [0.25, 0.3) is 0 Å². The molecule has 0 aromatic heterocycles. The van der Waals surface area contributed by atoms with Gasteiger partial charge in [0, 0.05) is 10.6 Å². The summed E-state index contributed by atoms with van der Waals surface area (Å²) in [6.45, 7) is 10.5. The smallest absolute Gasteiger partial charge is 0.205 e. The molecule has 0 saturated heterocycles. The van der Waals surface area contributed by atoms with Crippen LogP contribution >= 0.6 is 16.8 Å². The summed E-state index contributed by atoms with van der Waals surface area (Å²) in [6, 6.07) is 8.15. The first-order valence-electron chi connectivity index (χ1n) is 6.98. The van der Waals surface area contributed by atoms with E-state index >= 15 is 0 Å². The summed E-state index contributed by atoms with van der Waals surface area (Å²) < 4.78 is 22.8. The number of hydrogen-bond donors (Lipinski definition) is 0. The number of benzene rings is 1. The van der Waals surface area contributed by atoms with E-state index in [4.69, 9.17) is 18.1 Å². The lowest BCUT2D eigenvalue weighted by atomic mass is 10.4. The van der Waals surface area contributed by atoms with Crippen molar-refractivity contribution in [1.29, 1.82) is 0 Å². The molecule has 0 aliphatic carbocycles. The molecule has 0 amide bonds. The third kappa shape index (κ3) is 5.73. The Morgan fingerprint density at radius 3 is 1.35 bits per heavy atom. The Balaban J connectivity index is 2.90. The molecule has 0 atom stereocenters. The molecular weight excluding hydrogens is 294 g/mol. The average Bonchev–Trinajstić information content (AvgIpc) is 2.47. The van der Waals surface area contributed by atoms with Crippen LogP contribution in [-0.4, -0.2) is 26.4 Å². The van der Waals surface area contributed by atoms with E-state index in [2.05, 4.69) is 6.07 Å². The van der Waals surface area contributed by atoms with Crippen LogP contribution in [0.5, 0.6) is 0 Å². The van der Waals surface area contributed by atoms with Crippen LogP contribution in [0.1, 0.15) is 27.7 Å². The Kier molecular flexibility index (Phi) is 9.54. The van der Waals surface area contributed by atoms with Gasteiger partial charge in [-0.3, -0.25) is 0 Å². The van der Waals surface area contributed by atoms with Crippen molar-refractivity contribution < 1.29 is 18.1 Å². The topological polar surface area (TPSA) is 36.9 Å². The zero-order chi connectivity index (χ0) is 14.8. The van der Waals surface area contributed by atoms with E-state index < -0.39 is 16.8 Å². The fourth-order valence-corrected chi connectivity index (χ4v) is 4.25. The Morgan fingerprint density at radius 1 is 0.700 bits per heavy atom. The SMILES string of the molecule is CCOP(OCC)c1cccc(P(OCC)OCC)c1. The maximum atomic E-state index is 5.69. The molecule has 1 rings (SSSR count). The molecule has 0 spiro atoms. The lowest BCUT2D eigenvalue weighted by Gasteiger charge is -2.19. The first-order valence-corrected chi connectivity index (χ1v) is 9.34. The van der Waals surface area contributed by atoms with Gasteiger partial charge < -0.3 is 18.1 Å². The van der Waals surface area contributed by atoms with Crippen LogP contribution in [0.4, 0.5) is 0 Å². The maximum absolute atomic E-state index is 5.69. The van der Waals surface area contributed by atoms with Crippen LogP contribution in [0.2, 0.25) is 0 Å². The van der Waals surface area contributed by atoms with Gasteiger partial charge in [0.05, 0.1) is 26.4 Å². The van der Waals surface area contributed by atoms with Crippen molar-refractivity contribution in [3.63, 3.8) is 0 Å². The first-order chi connectivity index (χ1) is 9.76. The lowest BCUT2D eigenvalue weighted by Crippen LogP contribution is -2.14. The summed E-state index contributed by atoms with van der Waals surface area (Å²) in [5.74, 6) is 0. The predicted molar refractivity (Wildman–Crippen MR) is 86.1 cm³/mol. The summed E-state index contributed by atoms with van der Waals surface area (Å²) in [7, 11) is -2.03. The zero-order valence-electron chi connectivity index (χ0n) is 12.7. The van der Waals surface area contributed by atoms with Crippen LogP contribution < -0.4 is 10.6 Å². The van der Waals surface area contributed by atoms with Gasteiger partial charge in [-0.2, -0.15) is 0 Å². The van der Waals surface area contributed by atoms with E-state index in [1.807, 2.05) is 45.9 Å². The van der Waals surface area contributed by atoms with Crippen molar-refractivity contribution >= 4 is 27.4 Å². The number of rotatable bonds is 10. The van der Waals surface area contributed by atoms with E-state index in [1.165, 1.54) is 0 Å². The second-order valence-electron chi connectivity index (χ2n) is 3.71. The third-order valence-electron chi connectivity index (χ3n) is 2.24. The Morgan fingerprint density at radius 2 is 1.05 bits per heavy atom. The standard InChI is InChI=1S/C14H24O4P2/c1-5-15-19(16-6-2)13-10-9-11-14(12-13)20(17-7-3)18-8-4/h9-12H,5-8H2,1-4H3. The molecule has 0 N–H and O–H groups in total. The molecule has 0 radical (unpaired) electrons. The minimum absolute atomic E-state index is 0.640. The van der Waals surface area contributed by atoms with E-state index in [0.717, 1.165) is 10.6 Å². The van der Waals surface area contributed by atoms with Crippen LogP contribution in [0.15, 0.2) is 24.3 Å². The lowest BCUT2D eigenvalue weighted by molar-refractivity contribution is 0.277. The predicted octanol–water partition coefficient (Wildman–Crippen LogP) is 3.71. The average molecular weight is 318 g/mol. The molecule has 0 bridgehead atoms. The van der Waals surface area contributed by atoms with Crippen LogP contribution in [0, 0.1) is 0 Å². The number of hydrogen-bond acceptors (Lipinski definition) is 4. The van der Waals surface area contributed by atoms with Crippen LogP contribution in [0.3, 0.4) is 0 Å². The van der Waals surface area contributed by atoms with Crippen LogP contribution in [0.25, 0.3) is 0 Å². The summed E-state index contributed by atoms with van der Waals surface area (Å²) in [6.07, 6.45) is 0. The van der Waals surface area contributed by atoms with E-state index in [-0.39, 0.29) is 0 Å². The second-order valence-corrected chi connectivity index (χ2v) is 6.80. The van der Waals surface area contributed by atoms with Crippen molar-refractivity contribution in [2.75, 3.05) is 26.4 Å². The van der Waals surface area contributed by atoms with Gasteiger partial charge in [-0.15, -0.1) is 0 Å². The molecule has 1 aromatic rings. The molecule has 0 unspecified atom stereocenters. The molecule has 0 heterocycles. The van der Waals surface area contributed by atoms with Crippen molar-refractivity contribution in [3.05, 3.63) is 24.3 Å². The Hall–Kier alpha value is -0.0800. The molecule has 0 aliphatic heterocycles. The molecule has 0 saturated carbocycles. The van der Waals surface area contributed by atoms with Gasteiger partial charge in [-0.25, -0.2) is 0 Å². The zero-order valence-corrected chi connectivity index (χ0v) is 14.5. The molecule has 6 heteroatoms. The Bertz CT molecular complexity index is 333. The van der Waals surface area contributed by atoms with Crippen LogP contribution in [-0.2, 0) is 18.1 Å². The molecule has 20 heavy (non-hydrogen) atoms. The van der Waals surface area contributed by atoms with Crippen molar-refractivity contribution in [1.82, 2.24) is 0 Å². The van der Waals surface area contributed by atoms with Gasteiger partial charge in [-0.05, 0) is 45.9 Å². The fourth-order valence-electron chi connectivity index (χ4n) is 1.56. The Labute approximate surface area is 124 Å². The quantitative estimate of drug-likeness (QED) is 0.616. The van der Waals surface area contributed by atoms with E-state index in [0.29, 0.717) is 26.4 Å². The van der Waals surface area contributed by atoms with Gasteiger partial charge in [0.1, 0.15) is 0 Å². The normalized spacial score (nSPS) is 11.5. The monoisotopic (exact) mass is 318 g/mol. The highest BCUT2D eigenvalue weighted by molar-refractivity contribution is 7.57. The minimum atomic E-state index is -1.02. The first kappa shape index (κ1) is 18.0. The largest absolute Gasteiger partial charge is 0.331 e. The van der Waals surface area contributed by atoms with Crippen molar-refractivity contribution in [2.24, 2.45) is 0 Å². The minimum Gasteiger partial charge on any atom is -0.331 e. The summed E-state index contributed by atoms with van der Waals surface area (Å²) >= 11 is 0. The highest BCUT2D eigenvalue weighted by Crippen LogP contribution is 2.40. The van der Waals surface area contributed by atoms with Crippen molar-refractivity contribution in [3.8, 4) is 0 Å². The molecular formula is C14H24O4P2. The molecule has 0 fully saturated rings. The summed E-state index contributed by atoms with van der Waals surface area (Å²) in [5.41, 5.74) is 0. The highest BCUT2D eigenvalue weighted by Gasteiger charge is 2.17. The fraction of sp³-hybridized carbons (Fsp3) is 0.571. The second kappa shape index (κ2) is 10.6. The van der Waals surface area contributed by atoms with Gasteiger partial charge >= 0.3 is 0 Å². The van der Waals surface area contributed by atoms with E-state index in [9.17, 15) is 0 Å². The third-order valence-corrected chi connectivity index (χ3v) is 5.61. The van der Waals surface area contributed by atoms with Crippen molar-refractivity contribution in [2.45, 2.75) is 27.7 Å². The molecule has 114 valence electrons.